The van der Waals surface area contributed by atoms with Crippen LogP contribution in [0, 0.1) is 0 Å². The van der Waals surface area contributed by atoms with Gasteiger partial charge in [0.25, 0.3) is 0 Å². The molecule has 0 rings (SSSR count). The predicted molar refractivity (Wildman–Crippen MR) is 59.2 cm³/mol. The highest BCUT2D eigenvalue weighted by atomic mass is 35.5. The van der Waals surface area contributed by atoms with Crippen LogP contribution in [-0.4, -0.2) is 11.5 Å². The molecule has 3 heteroatoms. The molecule has 0 spiro atoms. The van der Waals surface area contributed by atoms with Crippen molar-refractivity contribution in [3.8, 4) is 0 Å². The largest absolute Gasteiger partial charge is 0.443 e. The van der Waals surface area contributed by atoms with Gasteiger partial charge in [0, 0.05) is 6.08 Å². The maximum Gasteiger partial charge on any atom is 0.332 e. The van der Waals surface area contributed by atoms with E-state index >= 15 is 0 Å². The Hall–Kier alpha value is -0.760. The summed E-state index contributed by atoms with van der Waals surface area (Å²) in [6, 6.07) is 0. The monoisotopic (exact) mass is 216 g/mol. The Kier molecular flexibility index (Phi) is 8.34. The van der Waals surface area contributed by atoms with Crippen LogP contribution >= 0.6 is 11.6 Å². The van der Waals surface area contributed by atoms with Crippen LogP contribution in [0.3, 0.4) is 0 Å². The third-order valence-electron chi connectivity index (χ3n) is 1.56. The van der Waals surface area contributed by atoms with Crippen LogP contribution in [0.1, 0.15) is 33.1 Å². The SMILES string of the molecule is C/C=C/C=C/C(=O)OC(Cl)CCCC. The van der Waals surface area contributed by atoms with Crippen LogP contribution in [-0.2, 0) is 9.53 Å². The highest BCUT2D eigenvalue weighted by molar-refractivity contribution is 6.20. The van der Waals surface area contributed by atoms with Gasteiger partial charge in [-0.15, -0.1) is 0 Å². The Labute approximate surface area is 90.6 Å². The number of rotatable bonds is 6. The second kappa shape index (κ2) is 8.82. The fourth-order valence-corrected chi connectivity index (χ4v) is 1.08. The molecule has 0 heterocycles. The molecule has 0 fully saturated rings. The van der Waals surface area contributed by atoms with E-state index in [4.69, 9.17) is 16.3 Å². The number of esters is 1. The zero-order valence-electron chi connectivity index (χ0n) is 8.70. The average molecular weight is 217 g/mol. The van der Waals surface area contributed by atoms with Gasteiger partial charge >= 0.3 is 5.97 Å². The first-order valence-electron chi connectivity index (χ1n) is 4.84. The Morgan fingerprint density at radius 2 is 2.21 bits per heavy atom. The summed E-state index contributed by atoms with van der Waals surface area (Å²) in [7, 11) is 0. The quantitative estimate of drug-likeness (QED) is 0.294. The summed E-state index contributed by atoms with van der Waals surface area (Å²) >= 11 is 5.77. The maximum atomic E-state index is 11.1. The van der Waals surface area contributed by atoms with Gasteiger partial charge in [-0.3, -0.25) is 0 Å². The van der Waals surface area contributed by atoms with Crippen molar-refractivity contribution in [2.75, 3.05) is 0 Å². The van der Waals surface area contributed by atoms with E-state index in [9.17, 15) is 4.79 Å². The van der Waals surface area contributed by atoms with E-state index in [0.717, 1.165) is 12.8 Å². The molecule has 0 aromatic rings. The molecule has 0 N–H and O–H groups in total. The molecule has 80 valence electrons. The van der Waals surface area contributed by atoms with Crippen molar-refractivity contribution in [3.05, 3.63) is 24.3 Å². The topological polar surface area (TPSA) is 26.3 Å². The second-order valence-electron chi connectivity index (χ2n) is 2.87. The van der Waals surface area contributed by atoms with Crippen LogP contribution in [0.2, 0.25) is 0 Å². The molecule has 0 amide bonds. The summed E-state index contributed by atoms with van der Waals surface area (Å²) in [4.78, 5) is 11.1. The average Bonchev–Trinajstić information content (AvgIpc) is 2.15. The molecular weight excluding hydrogens is 200 g/mol. The highest BCUT2D eigenvalue weighted by Crippen LogP contribution is 2.09. The molecule has 1 unspecified atom stereocenters. The minimum absolute atomic E-state index is 0.390. The molecule has 0 aliphatic heterocycles. The number of halogens is 1. The van der Waals surface area contributed by atoms with E-state index < -0.39 is 5.56 Å². The number of carbonyl (C=O) groups is 1. The highest BCUT2D eigenvalue weighted by Gasteiger charge is 2.07. The number of alkyl halides is 1. The predicted octanol–water partition coefficient (Wildman–Crippen LogP) is 3.42. The van der Waals surface area contributed by atoms with Gasteiger partial charge in [0.05, 0.1) is 0 Å². The van der Waals surface area contributed by atoms with Gasteiger partial charge in [0.2, 0.25) is 0 Å². The van der Waals surface area contributed by atoms with Gasteiger partial charge in [-0.25, -0.2) is 4.79 Å². The van der Waals surface area contributed by atoms with Crippen molar-refractivity contribution in [2.45, 2.75) is 38.7 Å². The van der Waals surface area contributed by atoms with Gasteiger partial charge in [-0.2, -0.15) is 0 Å². The molecular formula is C11H17ClO2. The lowest BCUT2D eigenvalue weighted by molar-refractivity contribution is -0.139. The van der Waals surface area contributed by atoms with Gasteiger partial charge < -0.3 is 4.74 Å². The molecule has 0 bridgehead atoms. The van der Waals surface area contributed by atoms with Crippen LogP contribution in [0.15, 0.2) is 24.3 Å². The van der Waals surface area contributed by atoms with Crippen molar-refractivity contribution in [2.24, 2.45) is 0 Å². The fraction of sp³-hybridized carbons (Fsp3) is 0.545. The second-order valence-corrected chi connectivity index (χ2v) is 3.36. The van der Waals surface area contributed by atoms with Crippen LogP contribution in [0.4, 0.5) is 0 Å². The number of hydrogen-bond acceptors (Lipinski definition) is 2. The molecule has 2 nitrogen and oxygen atoms in total. The zero-order valence-corrected chi connectivity index (χ0v) is 9.46. The first-order valence-corrected chi connectivity index (χ1v) is 5.28. The minimum atomic E-state index is -0.502. The molecule has 0 saturated heterocycles. The first kappa shape index (κ1) is 13.2. The number of allylic oxidation sites excluding steroid dienone is 3. The summed E-state index contributed by atoms with van der Waals surface area (Å²) < 4.78 is 4.90. The molecule has 0 aromatic carbocycles. The lowest BCUT2D eigenvalue weighted by Gasteiger charge is -2.07. The zero-order chi connectivity index (χ0) is 10.8. The number of ether oxygens (including phenoxy) is 1. The van der Waals surface area contributed by atoms with E-state index in [2.05, 4.69) is 6.92 Å². The van der Waals surface area contributed by atoms with E-state index in [1.165, 1.54) is 6.08 Å². The number of carbonyl (C=O) groups excluding carboxylic acids is 1. The van der Waals surface area contributed by atoms with Crippen LogP contribution < -0.4 is 0 Å². The summed E-state index contributed by atoms with van der Waals surface area (Å²) in [5.41, 5.74) is -0.502. The van der Waals surface area contributed by atoms with Gasteiger partial charge in [0.15, 0.2) is 5.56 Å². The molecule has 14 heavy (non-hydrogen) atoms. The maximum absolute atomic E-state index is 11.1. The lowest BCUT2D eigenvalue weighted by atomic mass is 10.3. The molecule has 0 saturated carbocycles. The molecule has 0 aliphatic rings. The third kappa shape index (κ3) is 7.87. The van der Waals surface area contributed by atoms with Crippen molar-refractivity contribution >= 4 is 17.6 Å². The Morgan fingerprint density at radius 3 is 2.79 bits per heavy atom. The van der Waals surface area contributed by atoms with Crippen molar-refractivity contribution in [1.82, 2.24) is 0 Å². The van der Waals surface area contributed by atoms with Crippen LogP contribution in [0.25, 0.3) is 0 Å². The van der Waals surface area contributed by atoms with E-state index in [1.54, 1.807) is 12.2 Å². The van der Waals surface area contributed by atoms with Crippen molar-refractivity contribution < 1.29 is 9.53 Å². The van der Waals surface area contributed by atoms with E-state index in [0.29, 0.717) is 6.42 Å². The van der Waals surface area contributed by atoms with Crippen LogP contribution in [0.5, 0.6) is 0 Å². The van der Waals surface area contributed by atoms with Crippen molar-refractivity contribution in [3.63, 3.8) is 0 Å². The summed E-state index contributed by atoms with van der Waals surface area (Å²) in [5, 5.41) is 0. The molecule has 0 radical (unpaired) electrons. The van der Waals surface area contributed by atoms with E-state index in [-0.39, 0.29) is 5.97 Å². The van der Waals surface area contributed by atoms with Gasteiger partial charge in [-0.1, -0.05) is 43.2 Å². The Balaban J connectivity index is 3.70. The minimum Gasteiger partial charge on any atom is -0.443 e. The van der Waals surface area contributed by atoms with E-state index in [1.807, 2.05) is 13.0 Å². The number of unbranched alkanes of at least 4 members (excludes halogenated alkanes) is 1. The Morgan fingerprint density at radius 1 is 1.50 bits per heavy atom. The molecule has 0 aromatic heterocycles. The summed E-state index contributed by atoms with van der Waals surface area (Å²) in [5.74, 6) is -0.390. The fourth-order valence-electron chi connectivity index (χ4n) is 0.834. The molecule has 0 aliphatic carbocycles. The normalized spacial score (nSPS) is 13.6. The molecule has 1 atom stereocenters. The lowest BCUT2D eigenvalue weighted by Crippen LogP contribution is -2.10. The first-order chi connectivity index (χ1) is 6.70. The van der Waals surface area contributed by atoms with Gasteiger partial charge in [-0.05, 0) is 19.8 Å². The summed E-state index contributed by atoms with van der Waals surface area (Å²) in [6.45, 7) is 3.94. The van der Waals surface area contributed by atoms with Crippen molar-refractivity contribution in [1.29, 1.82) is 0 Å². The number of hydrogen-bond donors (Lipinski definition) is 0. The third-order valence-corrected chi connectivity index (χ3v) is 1.87. The summed E-state index contributed by atoms with van der Waals surface area (Å²) in [6.07, 6.45) is 9.32. The Bertz CT molecular complexity index is 209. The van der Waals surface area contributed by atoms with Gasteiger partial charge in [0.1, 0.15) is 0 Å². The standard InChI is InChI=1S/C11H17ClO2/c1-3-5-7-9-11(13)14-10(12)8-6-4-2/h3,5,7,9-10H,4,6,8H2,1-2H3/b5-3+,9-7+. The smallest absolute Gasteiger partial charge is 0.332 e.